The number of hydrogen-bond donors (Lipinski definition) is 1. The number of benzene rings is 2. The van der Waals surface area contributed by atoms with Gasteiger partial charge >= 0.3 is 24.0 Å². The number of piperidine rings is 2. The maximum Gasteiger partial charge on any atom is 0.339 e. The van der Waals surface area contributed by atoms with Crippen molar-refractivity contribution in [2.24, 2.45) is 0 Å². The van der Waals surface area contributed by atoms with Crippen LogP contribution < -0.4 is 10.2 Å². The molecule has 0 radical (unpaired) electrons. The molecule has 0 aliphatic carbocycles. The number of anilines is 2. The van der Waals surface area contributed by atoms with Crippen molar-refractivity contribution in [3.05, 3.63) is 117 Å². The zero-order valence-electron chi connectivity index (χ0n) is 30.9. The second-order valence-corrected chi connectivity index (χ2v) is 15.0. The highest BCUT2D eigenvalue weighted by molar-refractivity contribution is 9.10. The third-order valence-corrected chi connectivity index (χ3v) is 10.3. The Labute approximate surface area is 347 Å². The predicted octanol–water partition coefficient (Wildman–Crippen LogP) is 9.47. The summed E-state index contributed by atoms with van der Waals surface area (Å²) in [5.41, 5.74) is 4.12. The van der Waals surface area contributed by atoms with Gasteiger partial charge in [0.1, 0.15) is 0 Å². The van der Waals surface area contributed by atoms with E-state index in [0.29, 0.717) is 28.7 Å². The Morgan fingerprint density at radius 1 is 0.655 bits per heavy atom. The van der Waals surface area contributed by atoms with Crippen molar-refractivity contribution in [1.29, 1.82) is 0 Å². The van der Waals surface area contributed by atoms with Crippen LogP contribution in [0.2, 0.25) is 0 Å². The zero-order valence-corrected chi connectivity index (χ0v) is 35.6. The van der Waals surface area contributed by atoms with E-state index in [1.54, 1.807) is 29.2 Å². The fourth-order valence-corrected chi connectivity index (χ4v) is 6.50. The number of nitrogens with zero attached hydrogens (tertiary/aromatic N) is 5. The number of urea groups is 2. The molecule has 2 aromatic heterocycles. The fourth-order valence-electron chi connectivity index (χ4n) is 5.64. The first kappa shape index (κ1) is 43.4. The van der Waals surface area contributed by atoms with Crippen molar-refractivity contribution in [2.45, 2.75) is 50.4 Å². The molecule has 1 N–H and O–H groups in total. The maximum absolute atomic E-state index is 13.1. The lowest BCUT2D eigenvalue weighted by Crippen LogP contribution is -2.45. The number of likely N-dealkylation sites (tertiary alicyclic amines) is 2. The van der Waals surface area contributed by atoms with E-state index < -0.39 is 5.97 Å². The number of aromatic nitrogens is 2. The van der Waals surface area contributed by atoms with Crippen molar-refractivity contribution in [3.8, 4) is 0 Å². The number of esters is 2. The summed E-state index contributed by atoms with van der Waals surface area (Å²) in [6.07, 6.45) is 9.69. The highest BCUT2D eigenvalue weighted by atomic mass is 79.9. The minimum Gasteiger partial charge on any atom is -0.465 e. The second kappa shape index (κ2) is 22.9. The molecule has 55 heavy (non-hydrogen) atoms. The Kier molecular flexibility index (Phi) is 18.1. The zero-order chi connectivity index (χ0) is 39.6. The molecule has 2 aromatic carbocycles. The molecule has 4 aromatic rings. The molecular weight excluding hydrogens is 900 g/mol. The summed E-state index contributed by atoms with van der Waals surface area (Å²) in [5, 5.41) is 3.59. The van der Waals surface area contributed by atoms with Crippen LogP contribution in [-0.2, 0) is 21.3 Å². The number of rotatable bonds is 7. The summed E-state index contributed by atoms with van der Waals surface area (Å²) >= 11 is 10.1. The van der Waals surface area contributed by atoms with E-state index in [9.17, 15) is 19.2 Å². The van der Waals surface area contributed by atoms with Crippen LogP contribution in [0.5, 0.6) is 0 Å². The van der Waals surface area contributed by atoms with Gasteiger partial charge in [0, 0.05) is 64.2 Å². The third kappa shape index (κ3) is 14.0. The minimum atomic E-state index is -0.428. The van der Waals surface area contributed by atoms with E-state index in [2.05, 4.69) is 67.8 Å². The quantitative estimate of drug-likeness (QED) is 0.143. The van der Waals surface area contributed by atoms with E-state index >= 15 is 0 Å². The van der Waals surface area contributed by atoms with Gasteiger partial charge in [0.25, 0.3) is 0 Å². The molecule has 0 saturated carbocycles. The van der Waals surface area contributed by atoms with Crippen molar-refractivity contribution < 1.29 is 28.7 Å². The van der Waals surface area contributed by atoms with Gasteiger partial charge in [-0.25, -0.2) is 19.2 Å². The van der Waals surface area contributed by atoms with E-state index in [1.165, 1.54) is 39.5 Å². The normalized spacial score (nSPS) is 13.5. The van der Waals surface area contributed by atoms with Gasteiger partial charge in [0.05, 0.1) is 43.3 Å². The van der Waals surface area contributed by atoms with Gasteiger partial charge in [-0.3, -0.25) is 14.9 Å². The molecule has 292 valence electrons. The minimum absolute atomic E-state index is 0.0158. The van der Waals surface area contributed by atoms with Crippen LogP contribution in [0.4, 0.5) is 21.0 Å². The van der Waals surface area contributed by atoms with Crippen LogP contribution in [0, 0.1) is 0 Å². The molecule has 0 atom stereocenters. The van der Waals surface area contributed by atoms with Crippen molar-refractivity contribution in [3.63, 3.8) is 0 Å². The van der Waals surface area contributed by atoms with Gasteiger partial charge < -0.3 is 24.6 Å². The SMILES string of the molecule is COC(=O)c1ccc(CBr)nc1.COC(=O)c1ccc(CN(C(=O)N2CCCCC2)c2ccc(Br)cc2)nc1.O=C(Nc1ccc(Br)cc1)N1CCCCC1. The van der Waals surface area contributed by atoms with Crippen LogP contribution in [-0.4, -0.2) is 84.2 Å². The highest BCUT2D eigenvalue weighted by Gasteiger charge is 2.25. The Morgan fingerprint density at radius 2 is 1.13 bits per heavy atom. The highest BCUT2D eigenvalue weighted by Crippen LogP contribution is 2.23. The smallest absolute Gasteiger partial charge is 0.339 e. The van der Waals surface area contributed by atoms with E-state index in [0.717, 1.165) is 77.9 Å². The van der Waals surface area contributed by atoms with Gasteiger partial charge in [-0.15, -0.1) is 0 Å². The van der Waals surface area contributed by atoms with Crippen LogP contribution in [0.15, 0.2) is 94.1 Å². The summed E-state index contributed by atoms with van der Waals surface area (Å²) in [6, 6.07) is 22.2. The lowest BCUT2D eigenvalue weighted by molar-refractivity contribution is 0.0591. The molecule has 4 heterocycles. The first-order valence-corrected chi connectivity index (χ1v) is 20.6. The number of carbonyl (C=O) groups excluding carboxylic acids is 4. The maximum atomic E-state index is 13.1. The van der Waals surface area contributed by atoms with Crippen LogP contribution in [0.3, 0.4) is 0 Å². The lowest BCUT2D eigenvalue weighted by atomic mass is 10.1. The molecule has 0 bridgehead atoms. The van der Waals surface area contributed by atoms with Gasteiger partial charge in [-0.05, 0) is 111 Å². The Bertz CT molecular complexity index is 1820. The van der Waals surface area contributed by atoms with Gasteiger partial charge in [0.2, 0.25) is 0 Å². The standard InChI is InChI=1S/C20H22BrN3O3.C12H15BrN2O.C8H8BrNO2/c1-27-19(25)15-5-8-17(22-13-15)14-24(18-9-6-16(21)7-10-18)20(26)23-11-3-2-4-12-23;13-10-4-6-11(7-5-10)14-12(16)15-8-2-1-3-9-15;1-12-8(11)6-2-3-7(4-9)10-5-6/h5-10,13H,2-4,11-12,14H2,1H3;4-7H,1-3,8-9H2,(H,14,16);2-3,5H,4H2,1H3. The van der Waals surface area contributed by atoms with Crippen LogP contribution in [0.1, 0.15) is 70.6 Å². The number of alkyl halides is 1. The largest absolute Gasteiger partial charge is 0.465 e. The Hall–Kier alpha value is -4.34. The van der Waals surface area contributed by atoms with Crippen molar-refractivity contribution >= 4 is 83.2 Å². The number of methoxy groups -OCH3 is 2. The number of carbonyl (C=O) groups is 4. The Morgan fingerprint density at radius 3 is 1.58 bits per heavy atom. The molecule has 0 unspecified atom stereocenters. The second-order valence-electron chi connectivity index (χ2n) is 12.6. The summed E-state index contributed by atoms with van der Waals surface area (Å²) in [6.45, 7) is 3.64. The topological polar surface area (TPSA) is 134 Å². The molecule has 12 nitrogen and oxygen atoms in total. The molecule has 2 aliphatic rings. The number of amides is 4. The van der Waals surface area contributed by atoms with E-state index in [-0.39, 0.29) is 18.0 Å². The third-order valence-electron chi connectivity index (χ3n) is 8.68. The molecule has 2 aliphatic heterocycles. The summed E-state index contributed by atoms with van der Waals surface area (Å²) in [7, 11) is 2.68. The number of nitrogens with one attached hydrogen (secondary N) is 1. The molecule has 2 saturated heterocycles. The van der Waals surface area contributed by atoms with Gasteiger partial charge in [-0.1, -0.05) is 47.8 Å². The van der Waals surface area contributed by atoms with Crippen LogP contribution >= 0.6 is 47.8 Å². The molecule has 2 fully saturated rings. The van der Waals surface area contributed by atoms with Crippen LogP contribution in [0.25, 0.3) is 0 Å². The van der Waals surface area contributed by atoms with E-state index in [1.807, 2.05) is 58.3 Å². The fraction of sp³-hybridized carbons (Fsp3) is 0.350. The number of halogens is 3. The first-order valence-electron chi connectivity index (χ1n) is 17.9. The van der Waals surface area contributed by atoms with Gasteiger partial charge in [0.15, 0.2) is 0 Å². The average Bonchev–Trinajstić information content (AvgIpc) is 3.24. The molecule has 0 spiro atoms. The molecular formula is C40H45Br3N6O6. The lowest BCUT2D eigenvalue weighted by Gasteiger charge is -2.33. The molecule has 4 amide bonds. The molecule has 15 heteroatoms. The van der Waals surface area contributed by atoms with Crippen molar-refractivity contribution in [1.82, 2.24) is 19.8 Å². The number of hydrogen-bond acceptors (Lipinski definition) is 8. The molecule has 6 rings (SSSR count). The summed E-state index contributed by atoms with van der Waals surface area (Å²) in [5.74, 6) is -0.785. The van der Waals surface area contributed by atoms with Gasteiger partial charge in [-0.2, -0.15) is 0 Å². The van der Waals surface area contributed by atoms with Crippen molar-refractivity contribution in [2.75, 3.05) is 50.6 Å². The number of pyridine rings is 2. The monoisotopic (exact) mass is 942 g/mol. The number of ether oxygens (including phenoxy) is 2. The summed E-state index contributed by atoms with van der Waals surface area (Å²) in [4.78, 5) is 61.4. The predicted molar refractivity (Wildman–Crippen MR) is 224 cm³/mol. The average molecular weight is 946 g/mol. The summed E-state index contributed by atoms with van der Waals surface area (Å²) < 4.78 is 11.2. The van der Waals surface area contributed by atoms with E-state index in [4.69, 9.17) is 4.74 Å². The Balaban J connectivity index is 0.000000203. The first-order chi connectivity index (χ1) is 26.6.